The van der Waals surface area contributed by atoms with Gasteiger partial charge in [-0.15, -0.1) is 10.2 Å². The molecule has 10 aromatic heterocycles. The van der Waals surface area contributed by atoms with Crippen LogP contribution in [-0.2, 0) is 6.54 Å². The van der Waals surface area contributed by atoms with Gasteiger partial charge in [-0.05, 0) is 177 Å². The van der Waals surface area contributed by atoms with Crippen LogP contribution in [0.15, 0.2) is 110 Å². The Morgan fingerprint density at radius 1 is 0.511 bits per heavy atom. The first-order valence-corrected chi connectivity index (χ1v) is 31.1. The molecule has 0 bridgehead atoms. The number of ether oxygens (including phenoxy) is 1. The minimum atomic E-state index is -0.510. The smallest absolute Gasteiger partial charge is 0.196 e. The summed E-state index contributed by atoms with van der Waals surface area (Å²) in [5, 5.41) is 47.5. The summed E-state index contributed by atoms with van der Waals surface area (Å²) < 4.78 is 72.4. The summed E-state index contributed by atoms with van der Waals surface area (Å²) in [5.74, 6) is 0.0348. The number of likely N-dealkylation sites (tertiary alicyclic amines) is 1. The van der Waals surface area contributed by atoms with Crippen LogP contribution in [-0.4, -0.2) is 141 Å². The summed E-state index contributed by atoms with van der Waals surface area (Å²) in [5.41, 5.74) is 12.3. The fraction of sp³-hybridized carbons (Fsp3) is 0.328. The van der Waals surface area contributed by atoms with E-state index >= 15 is 4.39 Å². The zero-order valence-electron chi connectivity index (χ0n) is 51.5. The Labute approximate surface area is 525 Å². The van der Waals surface area contributed by atoms with Crippen LogP contribution in [0.25, 0.3) is 83.6 Å². The number of nitrogens with zero attached hydrogens (tertiary/aromatic N) is 18. The lowest BCUT2D eigenvalue weighted by molar-refractivity contribution is 0.222. The SMILES string of the molecule is CCN1CCC(c2cc(F)c3cc(-c4cc(F)c5nc(C)cn5n4)nnc3c2)CC1.Cc1cn2nc(-c3cc(F)c4cc(C5CCNC5)nnc4c3)cc(C)c2n1.Cc1cn2nc(-c3cc(F)c4cc(C5CCNCC5)nnc4c3)cc(OCCn3ccnc3)c2n1. The second kappa shape index (κ2) is 25.4. The first kappa shape index (κ1) is 59.8. The van der Waals surface area contributed by atoms with Gasteiger partial charge in [-0.2, -0.15) is 35.7 Å². The number of benzene rings is 3. The molecule has 3 saturated heterocycles. The van der Waals surface area contributed by atoms with Crippen LogP contribution in [0.4, 0.5) is 17.6 Å². The van der Waals surface area contributed by atoms with Crippen molar-refractivity contribution in [1.82, 2.24) is 99.5 Å². The van der Waals surface area contributed by atoms with Gasteiger partial charge >= 0.3 is 0 Å². The number of fused-ring (bicyclic) bond motifs is 6. The minimum absolute atomic E-state index is 0.148. The molecule has 1 unspecified atom stereocenters. The van der Waals surface area contributed by atoms with E-state index in [0.29, 0.717) is 109 Å². The van der Waals surface area contributed by atoms with E-state index in [1.165, 1.54) is 22.7 Å². The van der Waals surface area contributed by atoms with Crippen molar-refractivity contribution >= 4 is 49.7 Å². The highest BCUT2D eigenvalue weighted by Crippen LogP contribution is 2.35. The predicted molar refractivity (Wildman–Crippen MR) is 340 cm³/mol. The molecule has 0 saturated carbocycles. The van der Waals surface area contributed by atoms with Gasteiger partial charge in [-0.25, -0.2) is 51.0 Å². The maximum absolute atomic E-state index is 15.3. The van der Waals surface area contributed by atoms with Crippen LogP contribution in [0, 0.1) is 51.0 Å². The predicted octanol–water partition coefficient (Wildman–Crippen LogP) is 10.8. The maximum atomic E-state index is 15.3. The molecule has 3 fully saturated rings. The Balaban J connectivity index is 0.000000121. The molecular weight excluding hydrogens is 1180 g/mol. The molecule has 2 N–H and O–H groups in total. The van der Waals surface area contributed by atoms with Gasteiger partial charge in [0.25, 0.3) is 0 Å². The van der Waals surface area contributed by atoms with Gasteiger partial charge in [0.05, 0.1) is 87.9 Å². The third-order valence-electron chi connectivity index (χ3n) is 17.5. The molecule has 468 valence electrons. The Morgan fingerprint density at radius 3 is 1.73 bits per heavy atom. The topological polar surface area (TPSA) is 222 Å². The lowest BCUT2D eigenvalue weighted by Crippen LogP contribution is -2.32. The van der Waals surface area contributed by atoms with Gasteiger partial charge in [0, 0.05) is 70.2 Å². The van der Waals surface area contributed by atoms with E-state index in [0.717, 1.165) is 117 Å². The van der Waals surface area contributed by atoms with Gasteiger partial charge in [-0.3, -0.25) is 0 Å². The number of halogens is 4. The molecule has 3 aliphatic rings. The molecule has 13 heterocycles. The van der Waals surface area contributed by atoms with Gasteiger partial charge in [0.1, 0.15) is 35.4 Å². The number of hydrogen-bond donors (Lipinski definition) is 2. The molecule has 0 radical (unpaired) electrons. The third-order valence-corrected chi connectivity index (χ3v) is 17.5. The highest BCUT2D eigenvalue weighted by Gasteiger charge is 2.25. The van der Waals surface area contributed by atoms with Gasteiger partial charge in [0.15, 0.2) is 28.5 Å². The minimum Gasteiger partial charge on any atom is -0.488 e. The van der Waals surface area contributed by atoms with Crippen LogP contribution >= 0.6 is 0 Å². The number of nitrogens with one attached hydrogen (secondary N) is 2. The second-order valence-corrected chi connectivity index (χ2v) is 24.0. The lowest BCUT2D eigenvalue weighted by atomic mass is 9.88. The molecule has 0 amide bonds. The Hall–Kier alpha value is -9.85. The summed E-state index contributed by atoms with van der Waals surface area (Å²) in [4.78, 5) is 19.6. The van der Waals surface area contributed by atoms with Crippen LogP contribution in [0.3, 0.4) is 0 Å². The number of hydrogen-bond acceptors (Lipinski definition) is 17. The first-order valence-electron chi connectivity index (χ1n) is 31.1. The van der Waals surface area contributed by atoms with E-state index < -0.39 is 5.82 Å². The fourth-order valence-electron chi connectivity index (χ4n) is 12.6. The molecule has 13 aromatic rings. The second-order valence-electron chi connectivity index (χ2n) is 24.0. The van der Waals surface area contributed by atoms with Crippen LogP contribution in [0.2, 0.25) is 0 Å². The molecule has 25 heteroatoms. The van der Waals surface area contributed by atoms with Gasteiger partial charge < -0.3 is 24.8 Å². The van der Waals surface area contributed by atoms with Crippen molar-refractivity contribution in [2.45, 2.75) is 91.0 Å². The van der Waals surface area contributed by atoms with Crippen molar-refractivity contribution in [3.8, 4) is 39.7 Å². The zero-order chi connectivity index (χ0) is 63.1. The van der Waals surface area contributed by atoms with Crippen molar-refractivity contribution < 1.29 is 22.3 Å². The molecule has 16 rings (SSSR count). The van der Waals surface area contributed by atoms with E-state index in [1.54, 1.807) is 52.9 Å². The summed E-state index contributed by atoms with van der Waals surface area (Å²) in [7, 11) is 0. The van der Waals surface area contributed by atoms with E-state index in [1.807, 2.05) is 80.3 Å². The Kier molecular flexibility index (Phi) is 16.5. The Morgan fingerprint density at radius 2 is 1.08 bits per heavy atom. The van der Waals surface area contributed by atoms with E-state index in [4.69, 9.17) is 4.74 Å². The molecular formula is C67H66F4N20O. The monoisotopic (exact) mass is 1240 g/mol. The highest BCUT2D eigenvalue weighted by atomic mass is 19.1. The van der Waals surface area contributed by atoms with Crippen molar-refractivity contribution in [3.63, 3.8) is 0 Å². The van der Waals surface area contributed by atoms with Crippen LogP contribution < -0.4 is 15.4 Å². The highest BCUT2D eigenvalue weighted by molar-refractivity contribution is 5.86. The summed E-state index contributed by atoms with van der Waals surface area (Å²) >= 11 is 0. The normalized spacial score (nSPS) is 15.9. The molecule has 0 aliphatic carbocycles. The average Bonchev–Trinajstić information content (AvgIpc) is 1.29. The van der Waals surface area contributed by atoms with Crippen LogP contribution in [0.1, 0.15) is 96.4 Å². The largest absolute Gasteiger partial charge is 0.488 e. The number of aromatic nitrogens is 17. The molecule has 3 aliphatic heterocycles. The average molecular weight is 1240 g/mol. The quantitative estimate of drug-likeness (QED) is 0.115. The summed E-state index contributed by atoms with van der Waals surface area (Å²) in [6.45, 7) is 17.6. The molecule has 21 nitrogen and oxygen atoms in total. The van der Waals surface area contributed by atoms with E-state index in [-0.39, 0.29) is 28.8 Å². The van der Waals surface area contributed by atoms with Crippen molar-refractivity contribution in [1.29, 1.82) is 0 Å². The van der Waals surface area contributed by atoms with Crippen LogP contribution in [0.5, 0.6) is 5.75 Å². The Bertz CT molecular complexity index is 4880. The van der Waals surface area contributed by atoms with Crippen molar-refractivity contribution in [2.24, 2.45) is 0 Å². The maximum Gasteiger partial charge on any atom is 0.196 e. The molecule has 0 spiro atoms. The summed E-state index contributed by atoms with van der Waals surface area (Å²) in [6, 6.07) is 20.5. The number of imidazole rings is 4. The molecule has 1 atom stereocenters. The lowest BCUT2D eigenvalue weighted by Gasteiger charge is -2.31. The third kappa shape index (κ3) is 12.4. The van der Waals surface area contributed by atoms with E-state index in [2.05, 4.69) is 88.3 Å². The number of aryl methyl sites for hydroxylation is 4. The van der Waals surface area contributed by atoms with E-state index in [9.17, 15) is 13.2 Å². The molecule has 92 heavy (non-hydrogen) atoms. The fourth-order valence-corrected chi connectivity index (χ4v) is 12.6. The van der Waals surface area contributed by atoms with Gasteiger partial charge in [-0.1, -0.05) is 6.92 Å². The van der Waals surface area contributed by atoms with Gasteiger partial charge in [0.2, 0.25) is 0 Å². The molecule has 3 aromatic carbocycles. The van der Waals surface area contributed by atoms with Crippen molar-refractivity contribution in [2.75, 3.05) is 52.4 Å². The zero-order valence-corrected chi connectivity index (χ0v) is 51.5. The number of rotatable bonds is 11. The number of piperidine rings is 2. The van der Waals surface area contributed by atoms with Crippen molar-refractivity contribution in [3.05, 3.63) is 173 Å². The summed E-state index contributed by atoms with van der Waals surface area (Å²) in [6.07, 6.45) is 15.7. The standard InChI is InChI=1S/C25H25FN8O.C22H22F2N6.C20H19FN6/c1-16-14-34-25(29-16)24(35-9-8-33-7-6-28-15-33)13-22(32-34)18-10-20(26)19-12-21(30-31-23(19)11-18)17-2-4-27-5-3-17;1-3-29-6-4-14(5-7-29)15-8-17(23)16-10-20(27-26-19(16)9-15)21-11-18(24)22-25-13(2)12-30(22)28-21;1-11-5-18(26-27-10-12(2)23-20(11)27)14-6-16(21)15-8-17(13-3-4-22-9-13)24-25-19(15)7-14/h6-7,10-15,17,27H,2-5,8-9H2,1H3;8-12,14H,3-7H2,1-2H3;5-8,10,13,22H,3-4,9H2,1-2H3. The first-order chi connectivity index (χ1) is 44.7.